The number of hydrogen-bond donors (Lipinski definition) is 2. The Hall–Kier alpha value is -2.65. The van der Waals surface area contributed by atoms with E-state index in [2.05, 4.69) is 20.5 Å². The number of benzene rings is 1. The van der Waals surface area contributed by atoms with Crippen molar-refractivity contribution >= 4 is 45.7 Å². The highest BCUT2D eigenvalue weighted by Crippen LogP contribution is 2.29. The van der Waals surface area contributed by atoms with Gasteiger partial charge in [-0.3, -0.25) is 4.79 Å². The van der Waals surface area contributed by atoms with E-state index < -0.39 is 5.97 Å². The Labute approximate surface area is 177 Å². The molecule has 0 aliphatic rings. The first-order valence-corrected chi connectivity index (χ1v) is 10.9. The number of carbonyl (C=O) groups excluding carboxylic acids is 2. The van der Waals surface area contributed by atoms with Crippen LogP contribution in [0, 0.1) is 20.8 Å². The number of rotatable bonds is 8. The van der Waals surface area contributed by atoms with Crippen LogP contribution in [0.1, 0.15) is 44.6 Å². The molecule has 7 nitrogen and oxygen atoms in total. The van der Waals surface area contributed by atoms with Gasteiger partial charge in [0.2, 0.25) is 5.13 Å². The molecule has 0 aliphatic heterocycles. The third kappa shape index (κ3) is 5.04. The number of nitrogens with one attached hydrogen (secondary N) is 2. The van der Waals surface area contributed by atoms with Crippen molar-refractivity contribution in [2.24, 2.45) is 0 Å². The second-order valence-corrected chi connectivity index (χ2v) is 8.62. The molecule has 0 unspecified atom stereocenters. The predicted molar refractivity (Wildman–Crippen MR) is 116 cm³/mol. The van der Waals surface area contributed by atoms with Gasteiger partial charge >= 0.3 is 5.97 Å². The summed E-state index contributed by atoms with van der Waals surface area (Å²) >= 11 is 2.71. The maximum absolute atomic E-state index is 12.7. The molecule has 0 saturated carbocycles. The van der Waals surface area contributed by atoms with E-state index in [-0.39, 0.29) is 18.1 Å². The number of aryl methyl sites for hydroxylation is 2. The minimum atomic E-state index is -0.415. The summed E-state index contributed by atoms with van der Waals surface area (Å²) in [6, 6.07) is 7.98. The van der Waals surface area contributed by atoms with Gasteiger partial charge in [-0.1, -0.05) is 35.2 Å². The summed E-state index contributed by atoms with van der Waals surface area (Å²) in [6.07, 6.45) is 0. The third-order valence-corrected chi connectivity index (χ3v) is 6.17. The van der Waals surface area contributed by atoms with Gasteiger partial charge in [0, 0.05) is 11.4 Å². The van der Waals surface area contributed by atoms with Gasteiger partial charge in [0.05, 0.1) is 23.6 Å². The summed E-state index contributed by atoms with van der Waals surface area (Å²) in [7, 11) is 0. The summed E-state index contributed by atoms with van der Waals surface area (Å²) < 4.78 is 5.77. The Morgan fingerprint density at radius 3 is 2.76 bits per heavy atom. The zero-order valence-corrected chi connectivity index (χ0v) is 18.3. The number of Topliss-reactive ketones (excluding diaryl/α,β-unsaturated/α-hetero) is 1. The second-order valence-electron chi connectivity index (χ2n) is 6.42. The molecule has 3 aromatic rings. The molecule has 1 aromatic carbocycles. The number of H-pyrrole nitrogens is 1. The molecule has 9 heteroatoms. The molecule has 152 valence electrons. The Balaban J connectivity index is 1.64. The average Bonchev–Trinajstić information content (AvgIpc) is 3.23. The minimum Gasteiger partial charge on any atom is -0.462 e. The number of anilines is 2. The van der Waals surface area contributed by atoms with Crippen LogP contribution in [-0.2, 0) is 4.74 Å². The molecule has 0 bridgehead atoms. The number of carbonyl (C=O) groups is 2. The molecule has 0 fully saturated rings. The van der Waals surface area contributed by atoms with Crippen LogP contribution < -0.4 is 5.32 Å². The van der Waals surface area contributed by atoms with Crippen molar-refractivity contribution in [3.05, 3.63) is 52.3 Å². The Morgan fingerprint density at radius 1 is 1.24 bits per heavy atom. The summed E-state index contributed by atoms with van der Waals surface area (Å²) in [6.45, 7) is 7.58. The van der Waals surface area contributed by atoms with Crippen molar-refractivity contribution in [1.82, 2.24) is 15.2 Å². The van der Waals surface area contributed by atoms with Gasteiger partial charge in [-0.25, -0.2) is 4.79 Å². The van der Waals surface area contributed by atoms with Gasteiger partial charge < -0.3 is 15.0 Å². The zero-order valence-electron chi connectivity index (χ0n) is 16.7. The zero-order chi connectivity index (χ0) is 21.0. The third-order valence-electron chi connectivity index (χ3n) is 4.20. The second kappa shape index (κ2) is 9.23. The highest BCUT2D eigenvalue weighted by atomic mass is 32.2. The van der Waals surface area contributed by atoms with Crippen molar-refractivity contribution in [3.63, 3.8) is 0 Å². The van der Waals surface area contributed by atoms with Crippen LogP contribution in [0.3, 0.4) is 0 Å². The van der Waals surface area contributed by atoms with Crippen molar-refractivity contribution in [2.75, 3.05) is 17.7 Å². The maximum atomic E-state index is 12.7. The molecule has 0 aliphatic carbocycles. The SMILES string of the molecule is CCOC(=O)c1c(C)[nH]c(C(=O)CSc2nnc(Nc3cccc(C)c3)s2)c1C. The van der Waals surface area contributed by atoms with Crippen LogP contribution in [0.4, 0.5) is 10.8 Å². The van der Waals surface area contributed by atoms with E-state index in [1.807, 2.05) is 31.2 Å². The summed E-state index contributed by atoms with van der Waals surface area (Å²) in [5, 5.41) is 12.1. The lowest BCUT2D eigenvalue weighted by atomic mass is 10.1. The quantitative estimate of drug-likeness (QED) is 0.304. The number of ketones is 1. The first-order chi connectivity index (χ1) is 13.9. The highest BCUT2D eigenvalue weighted by Gasteiger charge is 2.23. The molecular weight excluding hydrogens is 408 g/mol. The van der Waals surface area contributed by atoms with Gasteiger partial charge in [0.1, 0.15) is 0 Å². The maximum Gasteiger partial charge on any atom is 0.340 e. The van der Waals surface area contributed by atoms with Crippen molar-refractivity contribution in [3.8, 4) is 0 Å². The lowest BCUT2D eigenvalue weighted by molar-refractivity contribution is 0.0525. The topological polar surface area (TPSA) is 97.0 Å². The normalized spacial score (nSPS) is 10.8. The van der Waals surface area contributed by atoms with E-state index in [1.54, 1.807) is 20.8 Å². The number of esters is 1. The predicted octanol–water partition coefficient (Wildman–Crippen LogP) is 4.69. The molecule has 0 spiro atoms. The number of hydrogen-bond acceptors (Lipinski definition) is 8. The fourth-order valence-electron chi connectivity index (χ4n) is 2.90. The van der Waals surface area contributed by atoms with Gasteiger partial charge in [0.25, 0.3) is 0 Å². The molecule has 0 saturated heterocycles. The molecule has 2 aromatic heterocycles. The molecule has 0 radical (unpaired) electrons. The number of thioether (sulfide) groups is 1. The standard InChI is InChI=1S/C20H22N4O3S2/c1-5-27-18(26)16-12(3)17(21-13(16)4)15(25)10-28-20-24-23-19(29-20)22-14-8-6-7-11(2)9-14/h6-9,21H,5,10H2,1-4H3,(H,22,23). The lowest BCUT2D eigenvalue weighted by Crippen LogP contribution is -2.08. The van der Waals surface area contributed by atoms with E-state index in [9.17, 15) is 9.59 Å². The van der Waals surface area contributed by atoms with Crippen molar-refractivity contribution < 1.29 is 14.3 Å². The molecule has 0 atom stereocenters. The van der Waals surface area contributed by atoms with E-state index >= 15 is 0 Å². The first-order valence-electron chi connectivity index (χ1n) is 9.08. The number of ether oxygens (including phenoxy) is 1. The van der Waals surface area contributed by atoms with E-state index in [0.717, 1.165) is 11.3 Å². The molecule has 0 amide bonds. The molecule has 2 heterocycles. The Morgan fingerprint density at radius 2 is 2.03 bits per heavy atom. The van der Waals surface area contributed by atoms with Gasteiger partial charge in [-0.05, 0) is 51.0 Å². The lowest BCUT2D eigenvalue weighted by Gasteiger charge is -2.02. The van der Waals surface area contributed by atoms with E-state index in [4.69, 9.17) is 4.74 Å². The first kappa shape index (κ1) is 21.1. The monoisotopic (exact) mass is 430 g/mol. The van der Waals surface area contributed by atoms with Gasteiger partial charge in [-0.2, -0.15) is 0 Å². The van der Waals surface area contributed by atoms with Crippen LogP contribution >= 0.6 is 23.1 Å². The van der Waals surface area contributed by atoms with Gasteiger partial charge in [-0.15, -0.1) is 10.2 Å². The number of aromatic amines is 1. The highest BCUT2D eigenvalue weighted by molar-refractivity contribution is 8.01. The van der Waals surface area contributed by atoms with Crippen LogP contribution in [0.2, 0.25) is 0 Å². The van der Waals surface area contributed by atoms with Crippen LogP contribution in [0.25, 0.3) is 0 Å². The molecule has 29 heavy (non-hydrogen) atoms. The van der Waals surface area contributed by atoms with E-state index in [1.165, 1.54) is 23.1 Å². The molecule has 3 rings (SSSR count). The minimum absolute atomic E-state index is 0.102. The van der Waals surface area contributed by atoms with Crippen LogP contribution in [0.15, 0.2) is 28.6 Å². The molecular formula is C20H22N4O3S2. The fraction of sp³-hybridized carbons (Fsp3) is 0.300. The van der Waals surface area contributed by atoms with Crippen molar-refractivity contribution in [2.45, 2.75) is 32.0 Å². The summed E-state index contributed by atoms with van der Waals surface area (Å²) in [5.74, 6) is -0.321. The Bertz CT molecular complexity index is 1040. The van der Waals surface area contributed by atoms with E-state index in [0.29, 0.717) is 32.0 Å². The average molecular weight is 431 g/mol. The Kier molecular flexibility index (Phi) is 6.71. The van der Waals surface area contributed by atoms with Gasteiger partial charge in [0.15, 0.2) is 10.1 Å². The largest absolute Gasteiger partial charge is 0.462 e. The molecule has 2 N–H and O–H groups in total. The fourth-order valence-corrected chi connectivity index (χ4v) is 4.55. The van der Waals surface area contributed by atoms with Crippen molar-refractivity contribution in [1.29, 1.82) is 0 Å². The summed E-state index contributed by atoms with van der Waals surface area (Å²) in [4.78, 5) is 27.8. The van der Waals surface area contributed by atoms with Crippen LogP contribution in [-0.4, -0.2) is 39.3 Å². The smallest absolute Gasteiger partial charge is 0.340 e. The summed E-state index contributed by atoms with van der Waals surface area (Å²) in [5.41, 5.74) is 4.21. The number of aromatic nitrogens is 3. The number of nitrogens with zero attached hydrogens (tertiary/aromatic N) is 2. The van der Waals surface area contributed by atoms with Crippen LogP contribution in [0.5, 0.6) is 0 Å².